The van der Waals surface area contributed by atoms with Gasteiger partial charge < -0.3 is 15.6 Å². The van der Waals surface area contributed by atoms with Crippen LogP contribution in [0.15, 0.2) is 12.1 Å². The average molecular weight is 151 g/mol. The minimum atomic E-state index is -0.0178. The van der Waals surface area contributed by atoms with Crippen LogP contribution in [0.2, 0.25) is 0 Å². The zero-order valence-corrected chi connectivity index (χ0v) is 6.00. The van der Waals surface area contributed by atoms with E-state index in [9.17, 15) is 0 Å². The second kappa shape index (κ2) is 2.13. The summed E-state index contributed by atoms with van der Waals surface area (Å²) in [6.07, 6.45) is 0. The summed E-state index contributed by atoms with van der Waals surface area (Å²) in [6.45, 7) is 0.525. The first-order valence-corrected chi connectivity index (χ1v) is 3.46. The summed E-state index contributed by atoms with van der Waals surface area (Å²) in [5.41, 5.74) is 8.10. The van der Waals surface area contributed by atoms with Crippen LogP contribution in [0.3, 0.4) is 0 Å². The number of hydrogen-bond donors (Lipinski definition) is 2. The summed E-state index contributed by atoms with van der Waals surface area (Å²) in [5, 5.41) is 8.86. The Morgan fingerprint density at radius 3 is 3.09 bits per heavy atom. The topological polar surface area (TPSA) is 55.5 Å². The van der Waals surface area contributed by atoms with E-state index in [1.807, 2.05) is 6.07 Å². The molecular weight excluding hydrogens is 142 g/mol. The Kier molecular flexibility index (Phi) is 1.26. The molecule has 58 valence electrons. The first kappa shape index (κ1) is 6.49. The molecule has 0 saturated carbocycles. The predicted molar refractivity (Wildman–Crippen MR) is 41.1 cm³/mol. The minimum absolute atomic E-state index is 0.0178. The maximum Gasteiger partial charge on any atom is 0.120 e. The predicted octanol–water partition coefficient (Wildman–Crippen LogP) is 0.654. The highest BCUT2D eigenvalue weighted by Gasteiger charge is 2.14. The van der Waals surface area contributed by atoms with Crippen LogP contribution in [-0.4, -0.2) is 5.11 Å². The molecule has 2 rings (SSSR count). The highest BCUT2D eigenvalue weighted by atomic mass is 16.5. The van der Waals surface area contributed by atoms with Crippen molar-refractivity contribution in [1.29, 1.82) is 0 Å². The molecule has 11 heavy (non-hydrogen) atoms. The van der Waals surface area contributed by atoms with E-state index in [1.165, 1.54) is 0 Å². The molecule has 1 aliphatic rings. The number of ether oxygens (including phenoxy) is 1. The maximum atomic E-state index is 8.86. The van der Waals surface area contributed by atoms with Crippen LogP contribution in [0, 0.1) is 0 Å². The molecule has 0 radical (unpaired) electrons. The van der Waals surface area contributed by atoms with Crippen molar-refractivity contribution >= 4 is 5.69 Å². The molecule has 0 saturated heterocycles. The van der Waals surface area contributed by atoms with Crippen LogP contribution in [-0.2, 0) is 13.2 Å². The molecule has 2 bridgehead atoms. The number of aliphatic hydroxyl groups excluding tert-OH is 1. The molecule has 0 unspecified atom stereocenters. The van der Waals surface area contributed by atoms with Crippen LogP contribution in [0.5, 0.6) is 5.75 Å². The fourth-order valence-electron chi connectivity index (χ4n) is 1.24. The third kappa shape index (κ3) is 0.851. The summed E-state index contributed by atoms with van der Waals surface area (Å²) in [6, 6.07) is 3.67. The van der Waals surface area contributed by atoms with Gasteiger partial charge in [-0.3, -0.25) is 0 Å². The summed E-state index contributed by atoms with van der Waals surface area (Å²) in [5.74, 6) is 0.804. The molecule has 1 heterocycles. The van der Waals surface area contributed by atoms with Gasteiger partial charge >= 0.3 is 0 Å². The van der Waals surface area contributed by atoms with E-state index in [-0.39, 0.29) is 6.61 Å². The number of nitrogen functional groups attached to an aromatic ring is 1. The van der Waals surface area contributed by atoms with Gasteiger partial charge in [0.1, 0.15) is 12.4 Å². The summed E-state index contributed by atoms with van der Waals surface area (Å²) < 4.78 is 5.22. The van der Waals surface area contributed by atoms with Gasteiger partial charge in [0.25, 0.3) is 0 Å². The Morgan fingerprint density at radius 2 is 2.36 bits per heavy atom. The van der Waals surface area contributed by atoms with Crippen LogP contribution in [0.25, 0.3) is 0 Å². The van der Waals surface area contributed by atoms with Gasteiger partial charge in [0, 0.05) is 16.8 Å². The van der Waals surface area contributed by atoms with Crippen molar-refractivity contribution in [2.75, 3.05) is 5.73 Å². The number of fused-ring (bicyclic) bond motifs is 2. The standard InChI is InChI=1S/C8H9NO2/c9-8-5(3-10)1-7-2-6(8)4-11-7/h1-2,10H,3-4,9H2. The number of anilines is 1. The van der Waals surface area contributed by atoms with Crippen LogP contribution in [0.1, 0.15) is 11.1 Å². The average Bonchev–Trinajstić information content (AvgIpc) is 2.42. The number of nitrogens with two attached hydrogens (primary N) is 1. The van der Waals surface area contributed by atoms with E-state index in [4.69, 9.17) is 15.6 Å². The highest BCUT2D eigenvalue weighted by Crippen LogP contribution is 2.31. The fourth-order valence-corrected chi connectivity index (χ4v) is 1.24. The molecule has 1 aromatic rings. The molecule has 3 nitrogen and oxygen atoms in total. The van der Waals surface area contributed by atoms with Crippen LogP contribution in [0.4, 0.5) is 5.69 Å². The third-order valence-corrected chi connectivity index (χ3v) is 1.89. The van der Waals surface area contributed by atoms with Crippen molar-refractivity contribution in [3.63, 3.8) is 0 Å². The van der Waals surface area contributed by atoms with Gasteiger partial charge in [0.2, 0.25) is 0 Å². The first-order valence-electron chi connectivity index (χ1n) is 3.46. The van der Waals surface area contributed by atoms with Crippen molar-refractivity contribution in [2.24, 2.45) is 0 Å². The van der Waals surface area contributed by atoms with Crippen molar-refractivity contribution < 1.29 is 9.84 Å². The van der Waals surface area contributed by atoms with Crippen molar-refractivity contribution in [1.82, 2.24) is 0 Å². The Hall–Kier alpha value is -1.22. The molecule has 0 spiro atoms. The van der Waals surface area contributed by atoms with Gasteiger partial charge in [-0.05, 0) is 12.1 Å². The van der Waals surface area contributed by atoms with Gasteiger partial charge in [0.15, 0.2) is 0 Å². The zero-order valence-electron chi connectivity index (χ0n) is 6.00. The van der Waals surface area contributed by atoms with Gasteiger partial charge in [-0.25, -0.2) is 0 Å². The molecule has 1 aliphatic heterocycles. The normalized spacial score (nSPS) is 13.2. The number of benzene rings is 1. The van der Waals surface area contributed by atoms with Crippen molar-refractivity contribution in [2.45, 2.75) is 13.2 Å². The van der Waals surface area contributed by atoms with E-state index in [1.54, 1.807) is 6.07 Å². The lowest BCUT2D eigenvalue weighted by molar-refractivity contribution is 0.282. The molecule has 0 aliphatic carbocycles. The summed E-state index contributed by atoms with van der Waals surface area (Å²) >= 11 is 0. The molecule has 3 N–H and O–H groups in total. The molecule has 3 heteroatoms. The van der Waals surface area contributed by atoms with E-state index in [0.29, 0.717) is 12.3 Å². The summed E-state index contributed by atoms with van der Waals surface area (Å²) in [4.78, 5) is 0. The fraction of sp³-hybridized carbons (Fsp3) is 0.250. The molecular formula is C8H9NO2. The molecule has 0 fully saturated rings. The van der Waals surface area contributed by atoms with Gasteiger partial charge in [-0.1, -0.05) is 0 Å². The Labute approximate surface area is 64.4 Å². The molecule has 0 atom stereocenters. The van der Waals surface area contributed by atoms with E-state index in [0.717, 1.165) is 16.9 Å². The second-order valence-corrected chi connectivity index (χ2v) is 2.60. The van der Waals surface area contributed by atoms with Crippen molar-refractivity contribution in [3.05, 3.63) is 23.3 Å². The quantitative estimate of drug-likeness (QED) is 0.579. The van der Waals surface area contributed by atoms with Crippen LogP contribution < -0.4 is 10.5 Å². The SMILES string of the molecule is Nc1c(CO)cc2cc1CO2. The number of aliphatic hydroxyl groups is 1. The second-order valence-electron chi connectivity index (χ2n) is 2.60. The van der Waals surface area contributed by atoms with Gasteiger partial charge in [-0.2, -0.15) is 0 Å². The van der Waals surface area contributed by atoms with E-state index < -0.39 is 0 Å². The lowest BCUT2D eigenvalue weighted by atomic mass is 10.1. The molecule has 0 amide bonds. The lowest BCUT2D eigenvalue weighted by Crippen LogP contribution is -1.96. The monoisotopic (exact) mass is 151 g/mol. The molecule has 1 aromatic carbocycles. The van der Waals surface area contributed by atoms with Gasteiger partial charge in [0.05, 0.1) is 6.61 Å². The minimum Gasteiger partial charge on any atom is -0.489 e. The summed E-state index contributed by atoms with van der Waals surface area (Å²) in [7, 11) is 0. The number of rotatable bonds is 1. The smallest absolute Gasteiger partial charge is 0.120 e. The maximum absolute atomic E-state index is 8.86. The Morgan fingerprint density at radius 1 is 1.55 bits per heavy atom. The van der Waals surface area contributed by atoms with E-state index in [2.05, 4.69) is 0 Å². The van der Waals surface area contributed by atoms with Gasteiger partial charge in [-0.15, -0.1) is 0 Å². The lowest BCUT2D eigenvalue weighted by Gasteiger charge is -2.00. The largest absolute Gasteiger partial charge is 0.489 e. The zero-order chi connectivity index (χ0) is 7.84. The Bertz CT molecular complexity index is 296. The van der Waals surface area contributed by atoms with Crippen molar-refractivity contribution in [3.8, 4) is 5.75 Å². The Balaban J connectivity index is 2.58. The van der Waals surface area contributed by atoms with Crippen LogP contribution >= 0.6 is 0 Å². The van der Waals surface area contributed by atoms with E-state index >= 15 is 0 Å². The highest BCUT2D eigenvalue weighted by molar-refractivity contribution is 5.58. The first-order chi connectivity index (χ1) is 5.31. The third-order valence-electron chi connectivity index (χ3n) is 1.89. The number of hydrogen-bond acceptors (Lipinski definition) is 3. The molecule has 0 aromatic heterocycles.